The van der Waals surface area contributed by atoms with E-state index in [0.717, 1.165) is 23.4 Å². The van der Waals surface area contributed by atoms with E-state index < -0.39 is 0 Å². The molecular formula is C21H27NO. The normalized spacial score (nSPS) is 19.7. The highest BCUT2D eigenvalue weighted by molar-refractivity contribution is 5.63. The number of anilines is 1. The Morgan fingerprint density at radius 3 is 2.39 bits per heavy atom. The first kappa shape index (κ1) is 15.9. The summed E-state index contributed by atoms with van der Waals surface area (Å²) in [5, 5.41) is 0. The van der Waals surface area contributed by atoms with Gasteiger partial charge in [-0.05, 0) is 48.1 Å². The fourth-order valence-electron chi connectivity index (χ4n) is 3.58. The third-order valence-electron chi connectivity index (χ3n) is 5.22. The molecule has 0 aromatic heterocycles. The zero-order chi connectivity index (χ0) is 16.7. The molecule has 0 saturated carbocycles. The molecule has 23 heavy (non-hydrogen) atoms. The van der Waals surface area contributed by atoms with Crippen LogP contribution in [0.5, 0.6) is 5.75 Å². The number of nitrogen functional groups attached to an aromatic ring is 1. The van der Waals surface area contributed by atoms with Crippen molar-refractivity contribution >= 4 is 5.69 Å². The van der Waals surface area contributed by atoms with Crippen LogP contribution in [0.2, 0.25) is 0 Å². The Balaban J connectivity index is 1.82. The molecule has 0 fully saturated rings. The third-order valence-corrected chi connectivity index (χ3v) is 5.22. The van der Waals surface area contributed by atoms with Gasteiger partial charge >= 0.3 is 0 Å². The Morgan fingerprint density at radius 2 is 1.78 bits per heavy atom. The maximum atomic E-state index is 6.26. The molecule has 3 rings (SSSR count). The third kappa shape index (κ3) is 2.83. The van der Waals surface area contributed by atoms with Gasteiger partial charge in [-0.25, -0.2) is 0 Å². The maximum Gasteiger partial charge on any atom is 0.124 e. The highest BCUT2D eigenvalue weighted by Gasteiger charge is 2.33. The van der Waals surface area contributed by atoms with E-state index in [1.165, 1.54) is 22.3 Å². The molecule has 2 unspecified atom stereocenters. The molecule has 1 aliphatic rings. The first-order valence-electron chi connectivity index (χ1n) is 8.53. The van der Waals surface area contributed by atoms with Gasteiger partial charge in [-0.1, -0.05) is 45.0 Å². The van der Waals surface area contributed by atoms with Crippen LogP contribution in [-0.2, 0) is 6.42 Å². The van der Waals surface area contributed by atoms with Crippen LogP contribution in [0.1, 0.15) is 60.4 Å². The molecule has 1 aliphatic heterocycles. The molecule has 0 aliphatic carbocycles. The monoisotopic (exact) mass is 309 g/mol. The van der Waals surface area contributed by atoms with Gasteiger partial charge in [0.25, 0.3) is 0 Å². The summed E-state index contributed by atoms with van der Waals surface area (Å²) in [6, 6.07) is 11.0. The van der Waals surface area contributed by atoms with Gasteiger partial charge in [0, 0.05) is 23.6 Å². The van der Waals surface area contributed by atoms with Crippen molar-refractivity contribution in [2.45, 2.75) is 59.0 Å². The summed E-state index contributed by atoms with van der Waals surface area (Å²) in [6.45, 7) is 10.9. The summed E-state index contributed by atoms with van der Waals surface area (Å²) >= 11 is 0. The van der Waals surface area contributed by atoms with Gasteiger partial charge in [-0.3, -0.25) is 0 Å². The predicted molar refractivity (Wildman–Crippen MR) is 97.4 cm³/mol. The van der Waals surface area contributed by atoms with Gasteiger partial charge in [0.05, 0.1) is 0 Å². The van der Waals surface area contributed by atoms with Crippen molar-refractivity contribution in [3.8, 4) is 5.75 Å². The first-order valence-corrected chi connectivity index (χ1v) is 8.53. The van der Waals surface area contributed by atoms with Crippen LogP contribution < -0.4 is 10.5 Å². The Labute approximate surface area is 139 Å². The SMILES string of the molecule is Cc1cc2c(c(C)c1N)C(C)C(Cc1ccc(C(C)C)cc1)O2. The van der Waals surface area contributed by atoms with Crippen LogP contribution in [-0.4, -0.2) is 6.10 Å². The predicted octanol–water partition coefficient (Wildman–Crippen LogP) is 5.12. The van der Waals surface area contributed by atoms with Crippen LogP contribution >= 0.6 is 0 Å². The maximum absolute atomic E-state index is 6.26. The fraction of sp³-hybridized carbons (Fsp3) is 0.429. The van der Waals surface area contributed by atoms with E-state index in [9.17, 15) is 0 Å². The molecule has 0 saturated heterocycles. The molecule has 2 heteroatoms. The largest absolute Gasteiger partial charge is 0.489 e. The minimum Gasteiger partial charge on any atom is -0.489 e. The van der Waals surface area contributed by atoms with Gasteiger partial charge in [0.15, 0.2) is 0 Å². The molecule has 0 radical (unpaired) electrons. The molecule has 1 heterocycles. The first-order chi connectivity index (χ1) is 10.9. The number of hydrogen-bond donors (Lipinski definition) is 1. The number of fused-ring (bicyclic) bond motifs is 1. The van der Waals surface area contributed by atoms with Crippen LogP contribution in [0.4, 0.5) is 5.69 Å². The summed E-state index contributed by atoms with van der Waals surface area (Å²) in [7, 11) is 0. The second-order valence-corrected chi connectivity index (χ2v) is 7.19. The van der Waals surface area contributed by atoms with E-state index in [1.54, 1.807) is 0 Å². The number of hydrogen-bond acceptors (Lipinski definition) is 2. The lowest BCUT2D eigenvalue weighted by molar-refractivity contribution is 0.211. The highest BCUT2D eigenvalue weighted by Crippen LogP contribution is 2.44. The number of rotatable bonds is 3. The smallest absolute Gasteiger partial charge is 0.124 e. The van der Waals surface area contributed by atoms with Gasteiger partial charge in [-0.2, -0.15) is 0 Å². The molecular weight excluding hydrogens is 282 g/mol. The second-order valence-electron chi connectivity index (χ2n) is 7.19. The van der Waals surface area contributed by atoms with Gasteiger partial charge in [-0.15, -0.1) is 0 Å². The molecule has 2 nitrogen and oxygen atoms in total. The van der Waals surface area contributed by atoms with E-state index in [2.05, 4.69) is 65.0 Å². The topological polar surface area (TPSA) is 35.2 Å². The molecule has 0 amide bonds. The van der Waals surface area contributed by atoms with Crippen LogP contribution in [0.15, 0.2) is 30.3 Å². The lowest BCUT2D eigenvalue weighted by Crippen LogP contribution is -2.20. The molecule has 122 valence electrons. The highest BCUT2D eigenvalue weighted by atomic mass is 16.5. The van der Waals surface area contributed by atoms with E-state index in [-0.39, 0.29) is 6.10 Å². The van der Waals surface area contributed by atoms with Crippen molar-refractivity contribution < 1.29 is 4.74 Å². The van der Waals surface area contributed by atoms with Crippen molar-refractivity contribution in [2.75, 3.05) is 5.73 Å². The molecule has 2 atom stereocenters. The van der Waals surface area contributed by atoms with Gasteiger partial charge in [0.1, 0.15) is 11.9 Å². The summed E-state index contributed by atoms with van der Waals surface area (Å²) in [5.41, 5.74) is 13.4. The number of aryl methyl sites for hydroxylation is 1. The fourth-order valence-corrected chi connectivity index (χ4v) is 3.58. The second kappa shape index (κ2) is 5.92. The van der Waals surface area contributed by atoms with Crippen LogP contribution in [0.3, 0.4) is 0 Å². The molecule has 2 aromatic rings. The average molecular weight is 309 g/mol. The van der Waals surface area contributed by atoms with Crippen LogP contribution in [0, 0.1) is 13.8 Å². The van der Waals surface area contributed by atoms with E-state index in [0.29, 0.717) is 11.8 Å². The molecule has 2 aromatic carbocycles. The standard InChI is InChI=1S/C21H27NO/c1-12(2)17-8-6-16(7-9-17)11-18-14(4)20-15(5)21(22)13(3)10-19(20)23-18/h6-10,12,14,18H,11,22H2,1-5H3. The van der Waals surface area contributed by atoms with Crippen molar-refractivity contribution in [1.82, 2.24) is 0 Å². The minimum atomic E-state index is 0.190. The van der Waals surface area contributed by atoms with E-state index >= 15 is 0 Å². The average Bonchev–Trinajstić information content (AvgIpc) is 2.81. The Kier molecular flexibility index (Phi) is 4.09. The lowest BCUT2D eigenvalue weighted by Gasteiger charge is -2.16. The Bertz CT molecular complexity index is 716. The zero-order valence-corrected chi connectivity index (χ0v) is 14.8. The number of ether oxygens (including phenoxy) is 1. The van der Waals surface area contributed by atoms with E-state index in [4.69, 9.17) is 10.5 Å². The molecule has 0 bridgehead atoms. The quantitative estimate of drug-likeness (QED) is 0.799. The zero-order valence-electron chi connectivity index (χ0n) is 14.8. The van der Waals surface area contributed by atoms with Crippen LogP contribution in [0.25, 0.3) is 0 Å². The summed E-state index contributed by atoms with van der Waals surface area (Å²) in [4.78, 5) is 0. The van der Waals surface area contributed by atoms with Gasteiger partial charge < -0.3 is 10.5 Å². The summed E-state index contributed by atoms with van der Waals surface area (Å²) in [6.07, 6.45) is 1.13. The van der Waals surface area contributed by atoms with Gasteiger partial charge in [0.2, 0.25) is 0 Å². The van der Waals surface area contributed by atoms with Crippen molar-refractivity contribution in [3.05, 3.63) is 58.1 Å². The number of benzene rings is 2. The summed E-state index contributed by atoms with van der Waals surface area (Å²) < 4.78 is 6.26. The van der Waals surface area contributed by atoms with Crippen molar-refractivity contribution in [2.24, 2.45) is 0 Å². The lowest BCUT2D eigenvalue weighted by atomic mass is 9.88. The molecule has 0 spiro atoms. The minimum absolute atomic E-state index is 0.190. The van der Waals surface area contributed by atoms with Crippen molar-refractivity contribution in [3.63, 3.8) is 0 Å². The van der Waals surface area contributed by atoms with Crippen molar-refractivity contribution in [1.29, 1.82) is 0 Å². The summed E-state index contributed by atoms with van der Waals surface area (Å²) in [5.74, 6) is 1.96. The Hall–Kier alpha value is -1.96. The van der Waals surface area contributed by atoms with E-state index in [1.807, 2.05) is 0 Å². The number of nitrogens with two attached hydrogens (primary N) is 1. The molecule has 2 N–H and O–H groups in total. The Morgan fingerprint density at radius 1 is 1.13 bits per heavy atom.